The van der Waals surface area contributed by atoms with E-state index in [0.717, 1.165) is 5.56 Å². The lowest BCUT2D eigenvalue weighted by Gasteiger charge is -2.66. The third kappa shape index (κ3) is 5.21. The first-order valence-electron chi connectivity index (χ1n) is 13.2. The lowest BCUT2D eigenvalue weighted by Crippen LogP contribution is -2.80. The van der Waals surface area contributed by atoms with Crippen molar-refractivity contribution < 1.29 is 13.6 Å². The van der Waals surface area contributed by atoms with Crippen molar-refractivity contribution in [3.8, 4) is 0 Å². The van der Waals surface area contributed by atoms with Crippen LogP contribution in [-0.2, 0) is 10.5 Å². The van der Waals surface area contributed by atoms with Crippen LogP contribution in [0.25, 0.3) is 0 Å². The van der Waals surface area contributed by atoms with Gasteiger partial charge in [0.1, 0.15) is 80.1 Å². The number of halogens is 3. The Labute approximate surface area is 240 Å². The molecule has 1 saturated heterocycles. The van der Waals surface area contributed by atoms with Crippen molar-refractivity contribution in [2.24, 2.45) is 0 Å². The number of hydrogen-bond acceptors (Lipinski definition) is 4. The third-order valence-corrected chi connectivity index (χ3v) is 9.27. The van der Waals surface area contributed by atoms with E-state index in [1.165, 1.54) is 18.2 Å². The lowest BCUT2D eigenvalue weighted by atomic mass is 9.23. The summed E-state index contributed by atoms with van der Waals surface area (Å²) in [5.41, 5.74) is -0.412. The van der Waals surface area contributed by atoms with Gasteiger partial charge < -0.3 is 10.2 Å². The highest BCUT2D eigenvalue weighted by atomic mass is 35.5. The topological polar surface area (TPSA) is 58.1 Å². The summed E-state index contributed by atoms with van der Waals surface area (Å²) in [5.74, 6) is -0.304. The molecule has 5 nitrogen and oxygen atoms in total. The highest BCUT2D eigenvalue weighted by Crippen LogP contribution is 2.55. The SMILES string of the molecule is BC(B)(B)c1cnc(C(B)(B)NC(B)(B)C2(F)CCN(C(=O)c3ccc(F)c(Cl)c3)C(B)(B)C2(B)B)nc1. The maximum absolute atomic E-state index is 17.5. The van der Waals surface area contributed by atoms with Crippen LogP contribution in [0.4, 0.5) is 8.78 Å². The van der Waals surface area contributed by atoms with E-state index < -0.39 is 32.7 Å². The number of rotatable bonds is 6. The minimum Gasteiger partial charge on any atom is -0.349 e. The second-order valence-corrected chi connectivity index (χ2v) is 14.1. The number of nitrogens with one attached hydrogen (secondary N) is 1. The van der Waals surface area contributed by atoms with Gasteiger partial charge in [0.25, 0.3) is 5.91 Å². The van der Waals surface area contributed by atoms with Crippen LogP contribution in [0.2, 0.25) is 10.2 Å². The van der Waals surface area contributed by atoms with Crippen molar-refractivity contribution in [2.75, 3.05) is 6.54 Å². The van der Waals surface area contributed by atoms with Crippen molar-refractivity contribution in [3.63, 3.8) is 0 Å². The van der Waals surface area contributed by atoms with E-state index in [2.05, 4.69) is 38.8 Å². The fourth-order valence-corrected chi connectivity index (χ4v) is 6.07. The van der Waals surface area contributed by atoms with Crippen LogP contribution in [0.15, 0.2) is 30.6 Å². The van der Waals surface area contributed by atoms with E-state index in [9.17, 15) is 9.18 Å². The summed E-state index contributed by atoms with van der Waals surface area (Å²) in [6.07, 6.45) is 3.79. The third-order valence-electron chi connectivity index (χ3n) is 8.98. The van der Waals surface area contributed by atoms with E-state index in [1.54, 1.807) is 4.90 Å². The molecule has 19 heteroatoms. The lowest BCUT2D eigenvalue weighted by molar-refractivity contribution is -0.00355. The van der Waals surface area contributed by atoms with Crippen molar-refractivity contribution in [3.05, 3.63) is 58.4 Å². The van der Waals surface area contributed by atoms with Gasteiger partial charge in [-0.25, -0.2) is 18.7 Å². The minimum absolute atomic E-state index is 0.0708. The molecule has 0 spiro atoms. The standard InChI is InChI=1S/C19H32B11ClF2N4O/c20-15(21,22)9-6-34-13(35-7-9)16(23,24)36-18(27,28)14(33)3-4-37(19(29,30)17(14,25)26)12(38)8-1-2-11(32)10(31)5-8/h1-2,5-7,36H,3-4,20-30H2. The summed E-state index contributed by atoms with van der Waals surface area (Å²) in [6, 6.07) is 3.93. The van der Waals surface area contributed by atoms with Crippen LogP contribution >= 0.6 is 11.6 Å². The molecule has 1 amide bonds. The molecule has 188 valence electrons. The van der Waals surface area contributed by atoms with E-state index in [0.29, 0.717) is 5.82 Å². The molecule has 0 aliphatic carbocycles. The van der Waals surface area contributed by atoms with E-state index in [1.807, 2.05) is 75.2 Å². The monoisotopic (exact) mass is 526 g/mol. The zero-order chi connectivity index (χ0) is 29.1. The Morgan fingerprint density at radius 3 is 2.08 bits per heavy atom. The van der Waals surface area contributed by atoms with Crippen LogP contribution in [0.1, 0.15) is 28.2 Å². The average molecular weight is 525 g/mol. The molecular weight excluding hydrogens is 493 g/mol. The number of likely N-dealkylation sites (tertiary alicyclic amines) is 1. The molecule has 1 atom stereocenters. The molecular formula is C19H32B11ClF2N4O. The van der Waals surface area contributed by atoms with Crippen molar-refractivity contribution in [1.82, 2.24) is 20.2 Å². The molecule has 1 aromatic heterocycles. The Bertz CT molecular complexity index is 1230. The smallest absolute Gasteiger partial charge is 0.253 e. The quantitative estimate of drug-likeness (QED) is 0.382. The number of aromatic nitrogens is 2. The average Bonchev–Trinajstić information content (AvgIpc) is 2.78. The molecule has 2 aromatic rings. The Morgan fingerprint density at radius 2 is 1.58 bits per heavy atom. The predicted octanol–water partition coefficient (Wildman–Crippen LogP) is -8.28. The summed E-state index contributed by atoms with van der Waals surface area (Å²) < 4.78 is 31.3. The van der Waals surface area contributed by atoms with Crippen molar-refractivity contribution in [2.45, 2.75) is 38.4 Å². The molecule has 3 rings (SSSR count). The van der Waals surface area contributed by atoms with Crippen LogP contribution in [0.5, 0.6) is 0 Å². The zero-order valence-corrected chi connectivity index (χ0v) is 25.4. The zero-order valence-electron chi connectivity index (χ0n) is 24.7. The molecule has 1 unspecified atom stereocenters. The van der Waals surface area contributed by atoms with Gasteiger partial charge in [0, 0.05) is 29.8 Å². The number of hydrogen-bond donors (Lipinski definition) is 1. The molecule has 38 heavy (non-hydrogen) atoms. The molecule has 1 aliphatic rings. The summed E-state index contributed by atoms with van der Waals surface area (Å²) in [7, 11) is 21.5. The fourth-order valence-electron chi connectivity index (χ4n) is 5.89. The highest BCUT2D eigenvalue weighted by molar-refractivity contribution is 6.59. The van der Waals surface area contributed by atoms with Gasteiger partial charge in [-0.05, 0) is 46.1 Å². The van der Waals surface area contributed by atoms with Gasteiger partial charge in [-0.1, -0.05) is 16.7 Å². The number of carbonyl (C=O) groups is 1. The number of carbonyl (C=O) groups excluding carboxylic acids is 1. The van der Waals surface area contributed by atoms with E-state index >= 15 is 4.39 Å². The summed E-state index contributed by atoms with van der Waals surface area (Å²) >= 11 is 5.95. The molecule has 2 heterocycles. The largest absolute Gasteiger partial charge is 0.349 e. The fraction of sp³-hybridized carbons (Fsp3) is 0.421. The second-order valence-electron chi connectivity index (χ2n) is 13.7. The molecule has 1 aromatic carbocycles. The van der Waals surface area contributed by atoms with Crippen LogP contribution in [-0.4, -0.2) is 130 Å². The van der Waals surface area contributed by atoms with Crippen LogP contribution in [0, 0.1) is 5.82 Å². The Balaban J connectivity index is 1.93. The van der Waals surface area contributed by atoms with Gasteiger partial charge in [0.05, 0.1) is 28.6 Å². The molecule has 1 N–H and O–H groups in total. The first kappa shape index (κ1) is 31.1. The Kier molecular flexibility index (Phi) is 8.11. The molecule has 0 radical (unpaired) electrons. The maximum atomic E-state index is 17.5. The van der Waals surface area contributed by atoms with Crippen LogP contribution in [0.3, 0.4) is 0 Å². The van der Waals surface area contributed by atoms with Crippen molar-refractivity contribution in [1.29, 1.82) is 0 Å². The van der Waals surface area contributed by atoms with Gasteiger partial charge in [-0.2, -0.15) is 0 Å². The van der Waals surface area contributed by atoms with Gasteiger partial charge in [0.15, 0.2) is 0 Å². The van der Waals surface area contributed by atoms with Gasteiger partial charge in [-0.15, -0.1) is 0 Å². The second kappa shape index (κ2) is 9.90. The number of alkyl halides is 1. The van der Waals surface area contributed by atoms with E-state index in [4.69, 9.17) is 11.6 Å². The van der Waals surface area contributed by atoms with Gasteiger partial charge >= 0.3 is 0 Å². The Hall–Kier alpha value is -1.41. The normalized spacial score (nSPS) is 21.6. The van der Waals surface area contributed by atoms with Crippen LogP contribution < -0.4 is 5.32 Å². The maximum Gasteiger partial charge on any atom is 0.253 e. The first-order valence-corrected chi connectivity index (χ1v) is 13.5. The molecule has 0 saturated carbocycles. The highest BCUT2D eigenvalue weighted by Gasteiger charge is 2.65. The summed E-state index contributed by atoms with van der Waals surface area (Å²) in [6.45, 7) is 0.197. The van der Waals surface area contributed by atoms with E-state index in [-0.39, 0.29) is 34.6 Å². The number of piperidine rings is 1. The predicted molar refractivity (Wildman–Crippen MR) is 182 cm³/mol. The molecule has 1 fully saturated rings. The molecule has 1 aliphatic heterocycles. The molecule has 0 bridgehead atoms. The number of nitrogens with zero attached hydrogens (tertiary/aromatic N) is 3. The first-order chi connectivity index (χ1) is 17.1. The van der Waals surface area contributed by atoms with Crippen molar-refractivity contribution >= 4 is 104 Å². The number of amides is 1. The number of benzene rings is 1. The van der Waals surface area contributed by atoms with Gasteiger partial charge in [-0.3, -0.25) is 4.79 Å². The summed E-state index contributed by atoms with van der Waals surface area (Å²) in [5, 5.41) is -0.258. The minimum atomic E-state index is -1.72. The Morgan fingerprint density at radius 1 is 1.03 bits per heavy atom. The summed E-state index contributed by atoms with van der Waals surface area (Å²) in [4.78, 5) is 24.5. The van der Waals surface area contributed by atoms with Gasteiger partial charge in [0.2, 0.25) is 0 Å².